The molecular formula is C11H14F3NO2S2. The van der Waals surface area contributed by atoms with Crippen molar-refractivity contribution in [2.24, 2.45) is 5.92 Å². The normalized spacial score (nSPS) is 22.6. The van der Waals surface area contributed by atoms with Gasteiger partial charge >= 0.3 is 6.18 Å². The SMILES string of the molecule is Cc1ccc(S(=O)(=O)N2CCC[C@@H](C(F)(F)F)C2)s1. The Morgan fingerprint density at radius 2 is 2.05 bits per heavy atom. The van der Waals surface area contributed by atoms with Crippen LogP contribution in [0.1, 0.15) is 17.7 Å². The molecule has 0 bridgehead atoms. The van der Waals surface area contributed by atoms with Crippen molar-refractivity contribution < 1.29 is 21.6 Å². The summed E-state index contributed by atoms with van der Waals surface area (Å²) in [6.45, 7) is 1.45. The highest BCUT2D eigenvalue weighted by Crippen LogP contribution is 2.35. The van der Waals surface area contributed by atoms with Gasteiger partial charge in [-0.1, -0.05) is 0 Å². The molecule has 2 heterocycles. The molecule has 1 fully saturated rings. The standard InChI is InChI=1S/C11H14F3NO2S2/c1-8-4-5-10(18-8)19(16,17)15-6-2-3-9(7-15)11(12,13)14/h4-5,9H,2-3,6-7H2,1H3/t9-/m1/s1. The lowest BCUT2D eigenvalue weighted by molar-refractivity contribution is -0.182. The molecule has 0 aromatic carbocycles. The van der Waals surface area contributed by atoms with E-state index in [9.17, 15) is 21.6 Å². The van der Waals surface area contributed by atoms with Gasteiger partial charge in [-0.3, -0.25) is 0 Å². The van der Waals surface area contributed by atoms with Crippen LogP contribution in [0.2, 0.25) is 0 Å². The van der Waals surface area contributed by atoms with Crippen molar-refractivity contribution in [3.63, 3.8) is 0 Å². The van der Waals surface area contributed by atoms with Crippen LogP contribution in [0.4, 0.5) is 13.2 Å². The van der Waals surface area contributed by atoms with Gasteiger partial charge in [0.1, 0.15) is 4.21 Å². The quantitative estimate of drug-likeness (QED) is 0.841. The van der Waals surface area contributed by atoms with Crippen LogP contribution in [0, 0.1) is 12.8 Å². The van der Waals surface area contributed by atoms with E-state index in [1.54, 1.807) is 13.0 Å². The fourth-order valence-electron chi connectivity index (χ4n) is 2.11. The third-order valence-electron chi connectivity index (χ3n) is 3.16. The van der Waals surface area contributed by atoms with Crippen molar-refractivity contribution in [2.45, 2.75) is 30.2 Å². The Hall–Kier alpha value is -0.600. The summed E-state index contributed by atoms with van der Waals surface area (Å²) < 4.78 is 63.6. The van der Waals surface area contributed by atoms with Crippen molar-refractivity contribution in [3.05, 3.63) is 17.0 Å². The Labute approximate surface area is 114 Å². The van der Waals surface area contributed by atoms with E-state index in [1.807, 2.05) is 0 Å². The van der Waals surface area contributed by atoms with Gasteiger partial charge in [0.05, 0.1) is 5.92 Å². The molecule has 1 atom stereocenters. The number of alkyl halides is 3. The molecule has 1 aromatic rings. The summed E-state index contributed by atoms with van der Waals surface area (Å²) in [4.78, 5) is 0.822. The van der Waals surface area contributed by atoms with Crippen LogP contribution < -0.4 is 0 Å². The van der Waals surface area contributed by atoms with Crippen LogP contribution in [-0.2, 0) is 10.0 Å². The van der Waals surface area contributed by atoms with Crippen LogP contribution >= 0.6 is 11.3 Å². The number of halogens is 3. The second-order valence-electron chi connectivity index (χ2n) is 4.61. The zero-order chi connectivity index (χ0) is 14.3. The first-order valence-electron chi connectivity index (χ1n) is 5.84. The number of aryl methyl sites for hydroxylation is 1. The fraction of sp³-hybridized carbons (Fsp3) is 0.636. The van der Waals surface area contributed by atoms with Gasteiger partial charge in [-0.25, -0.2) is 8.42 Å². The van der Waals surface area contributed by atoms with E-state index in [0.29, 0.717) is 0 Å². The Morgan fingerprint density at radius 3 is 2.58 bits per heavy atom. The summed E-state index contributed by atoms with van der Waals surface area (Å²) in [5.74, 6) is -1.56. The average Bonchev–Trinajstić information content (AvgIpc) is 2.76. The third-order valence-corrected chi connectivity index (χ3v) is 6.49. The first kappa shape index (κ1) is 14.8. The molecule has 19 heavy (non-hydrogen) atoms. The Morgan fingerprint density at radius 1 is 1.37 bits per heavy atom. The second-order valence-corrected chi connectivity index (χ2v) is 8.06. The summed E-state index contributed by atoms with van der Waals surface area (Å²) in [6, 6.07) is 3.11. The van der Waals surface area contributed by atoms with E-state index in [-0.39, 0.29) is 23.6 Å². The van der Waals surface area contributed by atoms with Gasteiger partial charge in [-0.2, -0.15) is 17.5 Å². The monoisotopic (exact) mass is 313 g/mol. The number of thiophene rings is 1. The zero-order valence-corrected chi connectivity index (χ0v) is 11.9. The second kappa shape index (κ2) is 5.06. The van der Waals surface area contributed by atoms with E-state index in [1.165, 1.54) is 6.07 Å². The summed E-state index contributed by atoms with van der Waals surface area (Å²) in [5.41, 5.74) is 0. The van der Waals surface area contributed by atoms with Crippen molar-refractivity contribution in [1.82, 2.24) is 4.31 Å². The molecule has 0 radical (unpaired) electrons. The smallest absolute Gasteiger partial charge is 0.206 e. The summed E-state index contributed by atoms with van der Waals surface area (Å²) in [7, 11) is -3.78. The molecule has 2 rings (SSSR count). The topological polar surface area (TPSA) is 37.4 Å². The molecular weight excluding hydrogens is 299 g/mol. The summed E-state index contributed by atoms with van der Waals surface area (Å²) >= 11 is 1.09. The minimum Gasteiger partial charge on any atom is -0.206 e. The molecule has 0 aliphatic carbocycles. The summed E-state index contributed by atoms with van der Waals surface area (Å²) in [5, 5.41) is 0. The minimum absolute atomic E-state index is 0.00100. The van der Waals surface area contributed by atoms with Gasteiger partial charge in [-0.05, 0) is 31.9 Å². The predicted molar refractivity (Wildman–Crippen MR) is 66.6 cm³/mol. The Balaban J connectivity index is 2.22. The molecule has 1 aromatic heterocycles. The van der Waals surface area contributed by atoms with Crippen molar-refractivity contribution in [1.29, 1.82) is 0 Å². The molecule has 1 aliphatic heterocycles. The van der Waals surface area contributed by atoms with Crippen molar-refractivity contribution in [2.75, 3.05) is 13.1 Å². The van der Waals surface area contributed by atoms with Gasteiger partial charge in [-0.15, -0.1) is 11.3 Å². The number of nitrogens with zero attached hydrogens (tertiary/aromatic N) is 1. The molecule has 8 heteroatoms. The van der Waals surface area contributed by atoms with Crippen LogP contribution in [0.5, 0.6) is 0 Å². The molecule has 1 aliphatic rings. The Kier molecular flexibility index (Phi) is 3.95. The number of rotatable bonds is 2. The lowest BCUT2D eigenvalue weighted by Gasteiger charge is -2.32. The molecule has 3 nitrogen and oxygen atoms in total. The first-order valence-corrected chi connectivity index (χ1v) is 8.10. The van der Waals surface area contributed by atoms with Gasteiger partial charge in [0.15, 0.2) is 0 Å². The highest BCUT2D eigenvalue weighted by atomic mass is 32.2. The molecule has 0 saturated carbocycles. The van der Waals surface area contributed by atoms with E-state index in [0.717, 1.165) is 20.5 Å². The lowest BCUT2D eigenvalue weighted by atomic mass is 9.99. The van der Waals surface area contributed by atoms with Gasteiger partial charge in [0.2, 0.25) is 0 Å². The van der Waals surface area contributed by atoms with Crippen LogP contribution in [0.3, 0.4) is 0 Å². The summed E-state index contributed by atoms with van der Waals surface area (Å²) in [6.07, 6.45) is -4.09. The first-order chi connectivity index (χ1) is 8.71. The average molecular weight is 313 g/mol. The van der Waals surface area contributed by atoms with Gasteiger partial charge < -0.3 is 0 Å². The maximum atomic E-state index is 12.7. The Bertz CT molecular complexity index is 551. The number of sulfonamides is 1. The van der Waals surface area contributed by atoms with E-state index in [4.69, 9.17) is 0 Å². The number of hydrogen-bond donors (Lipinski definition) is 0. The molecule has 0 unspecified atom stereocenters. The zero-order valence-electron chi connectivity index (χ0n) is 10.3. The number of piperidine rings is 1. The van der Waals surface area contributed by atoms with Gasteiger partial charge in [0, 0.05) is 18.0 Å². The molecule has 0 spiro atoms. The molecule has 0 amide bonds. The number of hydrogen-bond acceptors (Lipinski definition) is 3. The molecule has 0 N–H and O–H groups in total. The molecule has 108 valence electrons. The van der Waals surface area contributed by atoms with Crippen LogP contribution in [0.15, 0.2) is 16.3 Å². The van der Waals surface area contributed by atoms with Crippen molar-refractivity contribution >= 4 is 21.4 Å². The predicted octanol–water partition coefficient (Wildman–Crippen LogP) is 3.02. The van der Waals surface area contributed by atoms with Gasteiger partial charge in [0.25, 0.3) is 10.0 Å². The largest absolute Gasteiger partial charge is 0.393 e. The maximum Gasteiger partial charge on any atom is 0.393 e. The van der Waals surface area contributed by atoms with Crippen LogP contribution in [0.25, 0.3) is 0 Å². The third kappa shape index (κ3) is 3.11. The van der Waals surface area contributed by atoms with E-state index >= 15 is 0 Å². The minimum atomic E-state index is -4.33. The van der Waals surface area contributed by atoms with E-state index < -0.39 is 28.7 Å². The molecule has 1 saturated heterocycles. The highest BCUT2D eigenvalue weighted by Gasteiger charge is 2.44. The van der Waals surface area contributed by atoms with Crippen molar-refractivity contribution in [3.8, 4) is 0 Å². The van der Waals surface area contributed by atoms with Crippen LogP contribution in [-0.4, -0.2) is 32.0 Å². The maximum absolute atomic E-state index is 12.7. The van der Waals surface area contributed by atoms with E-state index in [2.05, 4.69) is 0 Å². The lowest BCUT2D eigenvalue weighted by Crippen LogP contribution is -2.44. The fourth-order valence-corrected chi connectivity index (χ4v) is 5.07. The highest BCUT2D eigenvalue weighted by molar-refractivity contribution is 7.91.